The number of anilines is 3. The molecule has 2 heterocycles. The maximum atomic E-state index is 6.25. The Hall–Kier alpha value is -2.80. The first-order valence-electron chi connectivity index (χ1n) is 7.74. The Morgan fingerprint density at radius 3 is 2.76 bits per heavy atom. The summed E-state index contributed by atoms with van der Waals surface area (Å²) in [6.07, 6.45) is 5.09. The lowest BCUT2D eigenvalue weighted by molar-refractivity contribution is 0.408. The highest BCUT2D eigenvalue weighted by atomic mass is 35.5. The van der Waals surface area contributed by atoms with Crippen molar-refractivity contribution in [2.45, 2.75) is 13.0 Å². The average Bonchev–Trinajstić information content (AvgIpc) is 3.02. The van der Waals surface area contributed by atoms with Gasteiger partial charge in [0.15, 0.2) is 5.82 Å². The fraction of sp³-hybridized carbons (Fsp3) is 0.235. The number of hydrogen-bond donors (Lipinski definition) is 2. The minimum atomic E-state index is -0.0465. The number of nitrogens with zero attached hydrogens (tertiary/aromatic N) is 4. The van der Waals surface area contributed by atoms with Crippen LogP contribution in [0, 0.1) is 0 Å². The average molecular weight is 359 g/mol. The highest BCUT2D eigenvalue weighted by Crippen LogP contribution is 2.29. The van der Waals surface area contributed by atoms with E-state index in [0.717, 1.165) is 17.0 Å². The van der Waals surface area contributed by atoms with Gasteiger partial charge in [-0.2, -0.15) is 10.1 Å². The van der Waals surface area contributed by atoms with Crippen LogP contribution in [-0.2, 0) is 7.05 Å². The third kappa shape index (κ3) is 4.00. The molecule has 3 aromatic rings. The maximum absolute atomic E-state index is 6.25. The number of methoxy groups -OCH3 is 1. The van der Waals surface area contributed by atoms with Crippen molar-refractivity contribution in [1.82, 2.24) is 19.7 Å². The van der Waals surface area contributed by atoms with Crippen molar-refractivity contribution >= 4 is 29.1 Å². The number of ether oxygens (including phenoxy) is 1. The molecular formula is C17H19ClN6O. The Balaban J connectivity index is 1.80. The second-order valence-corrected chi connectivity index (χ2v) is 5.93. The number of nitrogens with one attached hydrogen (secondary N) is 2. The smallest absolute Gasteiger partial charge is 0.229 e. The van der Waals surface area contributed by atoms with E-state index in [1.165, 1.54) is 0 Å². The summed E-state index contributed by atoms with van der Waals surface area (Å²) < 4.78 is 7.11. The predicted octanol–water partition coefficient (Wildman–Crippen LogP) is 3.79. The lowest BCUT2D eigenvalue weighted by Gasteiger charge is -2.18. The molecule has 0 saturated carbocycles. The van der Waals surface area contributed by atoms with Crippen molar-refractivity contribution in [3.8, 4) is 5.75 Å². The van der Waals surface area contributed by atoms with Crippen molar-refractivity contribution in [3.05, 3.63) is 53.4 Å². The number of aromatic nitrogens is 4. The first-order chi connectivity index (χ1) is 12.1. The van der Waals surface area contributed by atoms with Crippen LogP contribution < -0.4 is 15.4 Å². The van der Waals surface area contributed by atoms with E-state index in [4.69, 9.17) is 16.3 Å². The summed E-state index contributed by atoms with van der Waals surface area (Å²) >= 11 is 6.25. The van der Waals surface area contributed by atoms with Gasteiger partial charge in [0.2, 0.25) is 5.95 Å². The van der Waals surface area contributed by atoms with Crippen LogP contribution in [0.2, 0.25) is 5.02 Å². The van der Waals surface area contributed by atoms with Crippen molar-refractivity contribution in [2.24, 2.45) is 7.05 Å². The van der Waals surface area contributed by atoms with Gasteiger partial charge in [0.05, 0.1) is 31.2 Å². The molecule has 7 nitrogen and oxygen atoms in total. The Morgan fingerprint density at radius 2 is 2.04 bits per heavy atom. The fourth-order valence-electron chi connectivity index (χ4n) is 2.45. The second kappa shape index (κ2) is 7.40. The lowest BCUT2D eigenvalue weighted by atomic mass is 10.1. The highest BCUT2D eigenvalue weighted by Gasteiger charge is 2.14. The molecule has 0 amide bonds. The summed E-state index contributed by atoms with van der Waals surface area (Å²) in [5, 5.41) is 11.0. The largest absolute Gasteiger partial charge is 0.496 e. The molecule has 0 fully saturated rings. The third-order valence-corrected chi connectivity index (χ3v) is 3.94. The first-order valence-corrected chi connectivity index (χ1v) is 8.12. The Bertz CT molecular complexity index is 866. The molecule has 2 aromatic heterocycles. The van der Waals surface area contributed by atoms with Gasteiger partial charge in [0, 0.05) is 18.8 Å². The summed E-state index contributed by atoms with van der Waals surface area (Å²) in [5.41, 5.74) is 1.81. The molecule has 25 heavy (non-hydrogen) atoms. The van der Waals surface area contributed by atoms with Gasteiger partial charge in [0.25, 0.3) is 0 Å². The predicted molar refractivity (Wildman–Crippen MR) is 98.6 cm³/mol. The zero-order chi connectivity index (χ0) is 17.8. The van der Waals surface area contributed by atoms with E-state index in [1.807, 2.05) is 44.4 Å². The highest BCUT2D eigenvalue weighted by molar-refractivity contribution is 6.32. The molecule has 2 N–H and O–H groups in total. The first kappa shape index (κ1) is 17.0. The second-order valence-electron chi connectivity index (χ2n) is 5.53. The van der Waals surface area contributed by atoms with Crippen LogP contribution in [-0.4, -0.2) is 26.9 Å². The standard InChI is InChI=1S/C17H19ClN6O/c1-11(13-6-4-5-7-15(13)25-3)21-16-14(18)9-19-17(23-16)22-12-8-20-24(2)10-12/h4-11H,1-3H3,(H2,19,21,22,23). The molecule has 0 aliphatic heterocycles. The lowest BCUT2D eigenvalue weighted by Crippen LogP contribution is -2.11. The molecule has 1 unspecified atom stereocenters. The Labute approximate surface area is 151 Å². The number of aryl methyl sites for hydroxylation is 1. The van der Waals surface area contributed by atoms with Crippen LogP contribution in [0.3, 0.4) is 0 Å². The topological polar surface area (TPSA) is 76.9 Å². The Morgan fingerprint density at radius 1 is 1.24 bits per heavy atom. The van der Waals surface area contributed by atoms with Gasteiger partial charge in [-0.1, -0.05) is 29.8 Å². The summed E-state index contributed by atoms with van der Waals surface area (Å²) in [4.78, 5) is 8.66. The van der Waals surface area contributed by atoms with E-state index in [-0.39, 0.29) is 6.04 Å². The van der Waals surface area contributed by atoms with Crippen molar-refractivity contribution in [2.75, 3.05) is 17.7 Å². The quantitative estimate of drug-likeness (QED) is 0.698. The number of benzene rings is 1. The summed E-state index contributed by atoms with van der Waals surface area (Å²) in [7, 11) is 3.49. The van der Waals surface area contributed by atoms with Crippen molar-refractivity contribution in [1.29, 1.82) is 0 Å². The van der Waals surface area contributed by atoms with Crippen LogP contribution in [0.4, 0.5) is 17.5 Å². The van der Waals surface area contributed by atoms with E-state index in [2.05, 4.69) is 25.7 Å². The van der Waals surface area contributed by atoms with Crippen molar-refractivity contribution in [3.63, 3.8) is 0 Å². The number of halogens is 1. The number of hydrogen-bond acceptors (Lipinski definition) is 6. The molecule has 0 bridgehead atoms. The van der Waals surface area contributed by atoms with Crippen molar-refractivity contribution < 1.29 is 4.74 Å². The SMILES string of the molecule is COc1ccccc1C(C)Nc1nc(Nc2cnn(C)c2)ncc1Cl. The van der Waals surface area contributed by atoms with Gasteiger partial charge in [-0.25, -0.2) is 4.98 Å². The number of rotatable bonds is 6. The van der Waals surface area contributed by atoms with E-state index in [9.17, 15) is 0 Å². The van der Waals surface area contributed by atoms with Gasteiger partial charge in [-0.05, 0) is 13.0 Å². The summed E-state index contributed by atoms with van der Waals surface area (Å²) in [5.74, 6) is 1.79. The van der Waals surface area contributed by atoms with E-state index in [0.29, 0.717) is 16.8 Å². The molecule has 0 spiro atoms. The third-order valence-electron chi connectivity index (χ3n) is 3.66. The van der Waals surface area contributed by atoms with Crippen LogP contribution in [0.1, 0.15) is 18.5 Å². The van der Waals surface area contributed by atoms with Crippen LogP contribution in [0.15, 0.2) is 42.9 Å². The summed E-state index contributed by atoms with van der Waals surface area (Å²) in [6.45, 7) is 2.02. The van der Waals surface area contributed by atoms with Gasteiger partial charge < -0.3 is 15.4 Å². The normalized spacial score (nSPS) is 11.8. The van der Waals surface area contributed by atoms with Gasteiger partial charge in [0.1, 0.15) is 10.8 Å². The van der Waals surface area contributed by atoms with Gasteiger partial charge in [-0.15, -0.1) is 0 Å². The fourth-order valence-corrected chi connectivity index (χ4v) is 2.60. The van der Waals surface area contributed by atoms with Crippen LogP contribution in [0.25, 0.3) is 0 Å². The van der Waals surface area contributed by atoms with Crippen LogP contribution in [0.5, 0.6) is 5.75 Å². The zero-order valence-electron chi connectivity index (χ0n) is 14.2. The van der Waals surface area contributed by atoms with E-state index < -0.39 is 0 Å². The minimum absolute atomic E-state index is 0.0465. The molecule has 0 aliphatic rings. The molecule has 1 aromatic carbocycles. The van der Waals surface area contributed by atoms with Crippen LogP contribution >= 0.6 is 11.6 Å². The van der Waals surface area contributed by atoms with Gasteiger partial charge in [-0.3, -0.25) is 4.68 Å². The Kier molecular flexibility index (Phi) is 5.04. The van der Waals surface area contributed by atoms with E-state index >= 15 is 0 Å². The monoisotopic (exact) mass is 358 g/mol. The molecule has 8 heteroatoms. The number of para-hydroxylation sites is 1. The molecule has 0 saturated heterocycles. The molecule has 130 valence electrons. The van der Waals surface area contributed by atoms with E-state index in [1.54, 1.807) is 24.2 Å². The van der Waals surface area contributed by atoms with Gasteiger partial charge >= 0.3 is 0 Å². The molecule has 3 rings (SSSR count). The molecular weight excluding hydrogens is 340 g/mol. The minimum Gasteiger partial charge on any atom is -0.496 e. The summed E-state index contributed by atoms with van der Waals surface area (Å²) in [6, 6.07) is 7.77. The molecule has 0 radical (unpaired) electrons. The molecule has 0 aliphatic carbocycles. The maximum Gasteiger partial charge on any atom is 0.229 e. The zero-order valence-corrected chi connectivity index (χ0v) is 14.9. The molecule has 1 atom stereocenters.